The van der Waals surface area contributed by atoms with Crippen molar-refractivity contribution in [3.05, 3.63) is 69.8 Å². The number of hydrogen-bond donors (Lipinski definition) is 0. The van der Waals surface area contributed by atoms with Crippen LogP contribution in [0.2, 0.25) is 0 Å². The van der Waals surface area contributed by atoms with Gasteiger partial charge in [0.1, 0.15) is 0 Å². The maximum atomic E-state index is 2.46. The smallest absolute Gasteiger partial charge is 0.0146 e. The lowest BCUT2D eigenvalue weighted by molar-refractivity contribution is 0.637. The Balaban J connectivity index is 2.29. The summed E-state index contributed by atoms with van der Waals surface area (Å²) in [4.78, 5) is 0. The first-order valence-electron chi connectivity index (χ1n) is 10.1. The topological polar surface area (TPSA) is 0 Å². The summed E-state index contributed by atoms with van der Waals surface area (Å²) in [6, 6.07) is 14.2. The number of thioether (sulfide) groups is 2. The van der Waals surface area contributed by atoms with Crippen LogP contribution in [0.1, 0.15) is 60.1 Å². The van der Waals surface area contributed by atoms with Gasteiger partial charge in [-0.2, -0.15) is 23.5 Å². The lowest BCUT2D eigenvalue weighted by atomic mass is 9.76. The monoisotopic (exact) mass is 400 g/mol. The molecular weight excluding hydrogens is 364 g/mol. The van der Waals surface area contributed by atoms with Crippen molar-refractivity contribution >= 4 is 23.5 Å². The van der Waals surface area contributed by atoms with Crippen molar-refractivity contribution in [2.24, 2.45) is 0 Å². The van der Waals surface area contributed by atoms with Crippen LogP contribution in [0.15, 0.2) is 36.4 Å². The zero-order valence-electron chi connectivity index (χ0n) is 18.0. The number of benzene rings is 2. The molecule has 0 atom stereocenters. The Bertz CT molecular complexity index is 670. The Hall–Kier alpha value is -0.860. The molecule has 0 aliphatic carbocycles. The van der Waals surface area contributed by atoms with Gasteiger partial charge in [0.05, 0.1) is 0 Å². The lowest BCUT2D eigenvalue weighted by Gasteiger charge is -2.28. The van der Waals surface area contributed by atoms with E-state index < -0.39 is 0 Å². The van der Waals surface area contributed by atoms with Gasteiger partial charge in [0.25, 0.3) is 0 Å². The van der Waals surface area contributed by atoms with Gasteiger partial charge in [-0.05, 0) is 96.9 Å². The van der Waals surface area contributed by atoms with Crippen molar-refractivity contribution in [1.29, 1.82) is 0 Å². The molecule has 27 heavy (non-hydrogen) atoms. The molecule has 0 unspecified atom stereocenters. The average molecular weight is 401 g/mol. The Morgan fingerprint density at radius 2 is 1.11 bits per heavy atom. The van der Waals surface area contributed by atoms with Gasteiger partial charge in [0.2, 0.25) is 0 Å². The first-order chi connectivity index (χ1) is 12.9. The molecule has 0 aromatic heterocycles. The van der Waals surface area contributed by atoms with Crippen LogP contribution >= 0.6 is 23.5 Å². The van der Waals surface area contributed by atoms with Crippen molar-refractivity contribution in [3.63, 3.8) is 0 Å². The number of aryl methyl sites for hydroxylation is 4. The Morgan fingerprint density at radius 1 is 0.704 bits per heavy atom. The second-order valence-electron chi connectivity index (χ2n) is 8.10. The highest BCUT2D eigenvalue weighted by Gasteiger charge is 2.24. The standard InChI is InChI=1S/C25H36S2/c1-19-11-13-23(17-21(19)9-7-15-26-5)25(3,4)24-14-12-20(2)22(18-24)10-8-16-27-6/h11-14,17-18H,7-10,15-16H2,1-6H3. The van der Waals surface area contributed by atoms with E-state index in [0.717, 1.165) is 0 Å². The summed E-state index contributed by atoms with van der Waals surface area (Å²) in [5, 5.41) is 0. The van der Waals surface area contributed by atoms with Crippen molar-refractivity contribution in [3.8, 4) is 0 Å². The molecule has 0 radical (unpaired) electrons. The summed E-state index contributed by atoms with van der Waals surface area (Å²) < 4.78 is 0. The molecule has 0 nitrogen and oxygen atoms in total. The first-order valence-corrected chi connectivity index (χ1v) is 12.9. The van der Waals surface area contributed by atoms with Gasteiger partial charge in [-0.3, -0.25) is 0 Å². The van der Waals surface area contributed by atoms with E-state index in [1.165, 1.54) is 70.6 Å². The minimum atomic E-state index is 0.0317. The SMILES string of the molecule is CSCCCc1cc(C(C)(C)c2ccc(C)c(CCCSC)c2)ccc1C. The minimum Gasteiger partial charge on any atom is -0.165 e. The molecule has 2 heteroatoms. The fourth-order valence-electron chi connectivity index (χ4n) is 3.64. The number of hydrogen-bond acceptors (Lipinski definition) is 2. The summed E-state index contributed by atoms with van der Waals surface area (Å²) in [5.74, 6) is 2.48. The molecule has 2 rings (SSSR count). The minimum absolute atomic E-state index is 0.0317. The fraction of sp³-hybridized carbons (Fsp3) is 0.520. The van der Waals surface area contributed by atoms with E-state index in [-0.39, 0.29) is 5.41 Å². The van der Waals surface area contributed by atoms with Crippen LogP contribution in [0, 0.1) is 13.8 Å². The second-order valence-corrected chi connectivity index (χ2v) is 10.1. The number of rotatable bonds is 10. The van der Waals surface area contributed by atoms with Crippen LogP contribution in [0.4, 0.5) is 0 Å². The van der Waals surface area contributed by atoms with Crippen LogP contribution in [-0.4, -0.2) is 24.0 Å². The summed E-state index contributed by atoms with van der Waals surface area (Å²) in [7, 11) is 0. The van der Waals surface area contributed by atoms with Crippen molar-refractivity contribution in [1.82, 2.24) is 0 Å². The van der Waals surface area contributed by atoms with Crippen LogP contribution < -0.4 is 0 Å². The summed E-state index contributed by atoms with van der Waals surface area (Å²) >= 11 is 3.89. The molecule has 0 bridgehead atoms. The summed E-state index contributed by atoms with van der Waals surface area (Å²) in [5.41, 5.74) is 8.79. The molecule has 0 N–H and O–H groups in total. The van der Waals surface area contributed by atoms with E-state index in [2.05, 4.69) is 76.6 Å². The third kappa shape index (κ3) is 6.06. The molecule has 0 aliphatic rings. The summed E-state index contributed by atoms with van der Waals surface area (Å²) in [6.07, 6.45) is 9.28. The van der Waals surface area contributed by atoms with Crippen LogP contribution in [0.25, 0.3) is 0 Å². The first kappa shape index (κ1) is 22.4. The second kappa shape index (κ2) is 10.6. The maximum Gasteiger partial charge on any atom is 0.0146 e. The highest BCUT2D eigenvalue weighted by molar-refractivity contribution is 7.98. The third-order valence-electron chi connectivity index (χ3n) is 5.73. The summed E-state index contributed by atoms with van der Waals surface area (Å²) in [6.45, 7) is 9.25. The third-order valence-corrected chi connectivity index (χ3v) is 7.12. The highest BCUT2D eigenvalue weighted by Crippen LogP contribution is 2.34. The predicted octanol–water partition coefficient (Wildman–Crippen LogP) is 7.22. The molecule has 2 aromatic carbocycles. The fourth-order valence-corrected chi connectivity index (χ4v) is 4.51. The quantitative estimate of drug-likeness (QED) is 0.386. The zero-order chi connectivity index (χ0) is 19.9. The Morgan fingerprint density at radius 3 is 1.48 bits per heavy atom. The van der Waals surface area contributed by atoms with Gasteiger partial charge in [-0.25, -0.2) is 0 Å². The van der Waals surface area contributed by atoms with Crippen molar-refractivity contribution in [2.75, 3.05) is 24.0 Å². The molecule has 2 aromatic rings. The van der Waals surface area contributed by atoms with E-state index in [4.69, 9.17) is 0 Å². The van der Waals surface area contributed by atoms with E-state index in [9.17, 15) is 0 Å². The molecule has 0 fully saturated rings. The van der Waals surface area contributed by atoms with Gasteiger partial charge < -0.3 is 0 Å². The molecular formula is C25H36S2. The molecule has 0 saturated heterocycles. The van der Waals surface area contributed by atoms with Crippen LogP contribution in [0.5, 0.6) is 0 Å². The van der Waals surface area contributed by atoms with Crippen LogP contribution in [0.3, 0.4) is 0 Å². The maximum absolute atomic E-state index is 2.46. The van der Waals surface area contributed by atoms with Gasteiger partial charge >= 0.3 is 0 Å². The van der Waals surface area contributed by atoms with Crippen LogP contribution in [-0.2, 0) is 18.3 Å². The van der Waals surface area contributed by atoms with Gasteiger partial charge in [-0.1, -0.05) is 50.2 Å². The molecule has 148 valence electrons. The normalized spacial score (nSPS) is 11.8. The zero-order valence-corrected chi connectivity index (χ0v) is 19.7. The highest BCUT2D eigenvalue weighted by atomic mass is 32.2. The largest absolute Gasteiger partial charge is 0.165 e. The molecule has 0 saturated carbocycles. The predicted molar refractivity (Wildman–Crippen MR) is 128 cm³/mol. The van der Waals surface area contributed by atoms with E-state index in [0.29, 0.717) is 0 Å². The Kier molecular flexibility index (Phi) is 8.82. The molecule has 0 amide bonds. The molecule has 0 heterocycles. The Labute approximate surface area is 175 Å². The van der Waals surface area contributed by atoms with Gasteiger partial charge in [0.15, 0.2) is 0 Å². The molecule has 0 aliphatic heterocycles. The molecule has 0 spiro atoms. The lowest BCUT2D eigenvalue weighted by Crippen LogP contribution is -2.20. The van der Waals surface area contributed by atoms with Gasteiger partial charge in [-0.15, -0.1) is 0 Å². The average Bonchev–Trinajstić information content (AvgIpc) is 2.65. The van der Waals surface area contributed by atoms with Crippen molar-refractivity contribution in [2.45, 2.75) is 58.8 Å². The van der Waals surface area contributed by atoms with Gasteiger partial charge in [0, 0.05) is 5.41 Å². The van der Waals surface area contributed by atoms with Crippen molar-refractivity contribution < 1.29 is 0 Å². The van der Waals surface area contributed by atoms with E-state index in [1.807, 2.05) is 23.5 Å². The van der Waals surface area contributed by atoms with E-state index >= 15 is 0 Å². The van der Waals surface area contributed by atoms with E-state index in [1.54, 1.807) is 0 Å².